The summed E-state index contributed by atoms with van der Waals surface area (Å²) in [5.41, 5.74) is 1.36. The second-order valence-electron chi connectivity index (χ2n) is 5.47. The van der Waals surface area contributed by atoms with Gasteiger partial charge in [-0.25, -0.2) is 0 Å². The highest BCUT2D eigenvalue weighted by atomic mass is 15.2. The maximum absolute atomic E-state index is 4.22. The predicted octanol–water partition coefficient (Wildman–Crippen LogP) is 0.646. The van der Waals surface area contributed by atoms with Crippen LogP contribution in [0.25, 0.3) is 0 Å². The van der Waals surface area contributed by atoms with Crippen LogP contribution in [0, 0.1) is 5.92 Å². The van der Waals surface area contributed by atoms with Gasteiger partial charge in [0, 0.05) is 45.5 Å². The summed E-state index contributed by atoms with van der Waals surface area (Å²) in [6, 6.07) is 0.762. The van der Waals surface area contributed by atoms with Crippen LogP contribution in [0.5, 0.6) is 0 Å². The molecule has 2 fully saturated rings. The number of hydrogen-bond acceptors (Lipinski definition) is 3. The van der Waals surface area contributed by atoms with E-state index in [9.17, 15) is 0 Å². The van der Waals surface area contributed by atoms with Crippen molar-refractivity contribution in [3.8, 4) is 0 Å². The van der Waals surface area contributed by atoms with Crippen LogP contribution in [0.2, 0.25) is 0 Å². The van der Waals surface area contributed by atoms with Crippen molar-refractivity contribution in [1.29, 1.82) is 0 Å². The first kappa shape index (κ1) is 11.2. The summed E-state index contributed by atoms with van der Waals surface area (Å²) in [4.78, 5) is 2.60. The summed E-state index contributed by atoms with van der Waals surface area (Å²) in [6.45, 7) is 4.78. The van der Waals surface area contributed by atoms with Crippen molar-refractivity contribution in [1.82, 2.24) is 20.0 Å². The van der Waals surface area contributed by atoms with Gasteiger partial charge < -0.3 is 10.2 Å². The topological polar surface area (TPSA) is 33.1 Å². The molecule has 17 heavy (non-hydrogen) atoms. The van der Waals surface area contributed by atoms with E-state index in [0.29, 0.717) is 0 Å². The van der Waals surface area contributed by atoms with Gasteiger partial charge in [-0.3, -0.25) is 4.68 Å². The molecule has 2 aliphatic rings. The fraction of sp³-hybridized carbons (Fsp3) is 0.769. The van der Waals surface area contributed by atoms with Crippen LogP contribution in [-0.2, 0) is 13.5 Å². The highest BCUT2D eigenvalue weighted by Gasteiger charge is 2.33. The number of nitrogens with one attached hydrogen (secondary N) is 1. The van der Waals surface area contributed by atoms with Gasteiger partial charge in [0.25, 0.3) is 0 Å². The summed E-state index contributed by atoms with van der Waals surface area (Å²) in [7, 11) is 1.98. The molecule has 94 valence electrons. The third-order valence-corrected chi connectivity index (χ3v) is 3.96. The molecule has 1 aromatic heterocycles. The molecule has 1 unspecified atom stereocenters. The lowest BCUT2D eigenvalue weighted by Crippen LogP contribution is -2.52. The lowest BCUT2D eigenvalue weighted by Gasteiger charge is -2.33. The van der Waals surface area contributed by atoms with Crippen molar-refractivity contribution in [3.63, 3.8) is 0 Å². The molecule has 1 aliphatic carbocycles. The largest absolute Gasteiger partial charge is 0.311 e. The highest BCUT2D eigenvalue weighted by molar-refractivity contribution is 5.04. The second kappa shape index (κ2) is 4.78. The van der Waals surface area contributed by atoms with Crippen molar-refractivity contribution in [2.75, 3.05) is 26.2 Å². The molecule has 0 bridgehead atoms. The van der Waals surface area contributed by atoms with E-state index in [2.05, 4.69) is 21.5 Å². The van der Waals surface area contributed by atoms with Crippen molar-refractivity contribution in [3.05, 3.63) is 18.0 Å². The molecule has 2 heterocycles. The maximum atomic E-state index is 4.22. The molecular formula is C13H22N4. The van der Waals surface area contributed by atoms with Crippen LogP contribution in [0.3, 0.4) is 0 Å². The number of rotatable bonds is 4. The maximum Gasteiger partial charge on any atom is 0.0522 e. The first-order chi connectivity index (χ1) is 8.31. The lowest BCUT2D eigenvalue weighted by atomic mass is 10.1. The van der Waals surface area contributed by atoms with E-state index in [1.165, 1.54) is 38.0 Å². The number of piperazine rings is 1. The molecule has 0 amide bonds. The first-order valence-electron chi connectivity index (χ1n) is 6.74. The minimum Gasteiger partial charge on any atom is -0.311 e. The number of nitrogens with zero attached hydrogens (tertiary/aromatic N) is 3. The fourth-order valence-corrected chi connectivity index (χ4v) is 2.75. The third-order valence-electron chi connectivity index (χ3n) is 3.96. The number of aromatic nitrogens is 2. The molecule has 1 saturated heterocycles. The van der Waals surface area contributed by atoms with E-state index in [-0.39, 0.29) is 0 Å². The molecule has 1 saturated carbocycles. The Hall–Kier alpha value is -0.870. The molecule has 4 nitrogen and oxygen atoms in total. The van der Waals surface area contributed by atoms with Crippen LogP contribution >= 0.6 is 0 Å². The third kappa shape index (κ3) is 2.87. The Labute approximate surface area is 103 Å². The van der Waals surface area contributed by atoms with Crippen molar-refractivity contribution < 1.29 is 0 Å². The molecule has 1 aliphatic heterocycles. The van der Waals surface area contributed by atoms with E-state index < -0.39 is 0 Å². The first-order valence-corrected chi connectivity index (χ1v) is 6.74. The highest BCUT2D eigenvalue weighted by Crippen LogP contribution is 2.33. The van der Waals surface area contributed by atoms with Gasteiger partial charge >= 0.3 is 0 Å². The van der Waals surface area contributed by atoms with Crippen LogP contribution in [0.4, 0.5) is 0 Å². The van der Waals surface area contributed by atoms with Gasteiger partial charge in [0.15, 0.2) is 0 Å². The Morgan fingerprint density at radius 1 is 1.47 bits per heavy atom. The Balaban J connectivity index is 1.47. The van der Waals surface area contributed by atoms with Crippen molar-refractivity contribution >= 4 is 0 Å². The molecule has 3 rings (SSSR count). The van der Waals surface area contributed by atoms with Gasteiger partial charge in [-0.15, -0.1) is 0 Å². The second-order valence-corrected chi connectivity index (χ2v) is 5.47. The standard InChI is InChI=1S/C13H22N4/c1-16-9-11(8-15-16)4-6-17-7-5-14-13(10-17)12-2-3-12/h8-9,12-14H,2-7,10H2,1H3. The molecule has 1 atom stereocenters. The number of aryl methyl sites for hydroxylation is 1. The Kier molecular flexibility index (Phi) is 3.16. The minimum absolute atomic E-state index is 0.762. The van der Waals surface area contributed by atoms with E-state index in [4.69, 9.17) is 0 Å². The van der Waals surface area contributed by atoms with E-state index in [0.717, 1.165) is 24.9 Å². The fourth-order valence-electron chi connectivity index (χ4n) is 2.75. The SMILES string of the molecule is Cn1cc(CCN2CCNC(C3CC3)C2)cn1. The van der Waals surface area contributed by atoms with Crippen LogP contribution in [-0.4, -0.2) is 46.9 Å². The van der Waals surface area contributed by atoms with E-state index >= 15 is 0 Å². The van der Waals surface area contributed by atoms with Gasteiger partial charge in [-0.2, -0.15) is 5.10 Å². The Bertz CT molecular complexity index is 369. The van der Waals surface area contributed by atoms with Gasteiger partial charge in [0.2, 0.25) is 0 Å². The van der Waals surface area contributed by atoms with Crippen LogP contribution in [0.15, 0.2) is 12.4 Å². The van der Waals surface area contributed by atoms with Gasteiger partial charge in [-0.05, 0) is 30.7 Å². The quantitative estimate of drug-likeness (QED) is 0.830. The summed E-state index contributed by atoms with van der Waals surface area (Å²) in [5, 5.41) is 7.87. The summed E-state index contributed by atoms with van der Waals surface area (Å²) >= 11 is 0. The Morgan fingerprint density at radius 3 is 3.06 bits per heavy atom. The van der Waals surface area contributed by atoms with Gasteiger partial charge in [-0.1, -0.05) is 0 Å². The van der Waals surface area contributed by atoms with Crippen LogP contribution < -0.4 is 5.32 Å². The lowest BCUT2D eigenvalue weighted by molar-refractivity contribution is 0.190. The monoisotopic (exact) mass is 234 g/mol. The molecule has 0 spiro atoms. The van der Waals surface area contributed by atoms with Gasteiger partial charge in [0.05, 0.1) is 6.20 Å². The summed E-state index contributed by atoms with van der Waals surface area (Å²) in [6.07, 6.45) is 8.12. The van der Waals surface area contributed by atoms with Gasteiger partial charge in [0.1, 0.15) is 0 Å². The van der Waals surface area contributed by atoms with Crippen molar-refractivity contribution in [2.24, 2.45) is 13.0 Å². The van der Waals surface area contributed by atoms with Crippen molar-refractivity contribution in [2.45, 2.75) is 25.3 Å². The zero-order valence-corrected chi connectivity index (χ0v) is 10.6. The Morgan fingerprint density at radius 2 is 2.35 bits per heavy atom. The zero-order valence-electron chi connectivity index (χ0n) is 10.6. The summed E-state index contributed by atoms with van der Waals surface area (Å²) < 4.78 is 1.89. The van der Waals surface area contributed by atoms with E-state index in [1.807, 2.05) is 17.9 Å². The average molecular weight is 234 g/mol. The molecule has 1 aromatic rings. The van der Waals surface area contributed by atoms with Crippen LogP contribution in [0.1, 0.15) is 18.4 Å². The molecule has 0 radical (unpaired) electrons. The van der Waals surface area contributed by atoms with E-state index in [1.54, 1.807) is 0 Å². The summed E-state index contributed by atoms with van der Waals surface area (Å²) in [5.74, 6) is 0.969. The normalized spacial score (nSPS) is 26.3. The minimum atomic E-state index is 0.762. The molecule has 4 heteroatoms. The average Bonchev–Trinajstić information content (AvgIpc) is 3.11. The zero-order chi connectivity index (χ0) is 11.7. The molecular weight excluding hydrogens is 212 g/mol. The molecule has 0 aromatic carbocycles. The molecule has 1 N–H and O–H groups in total. The predicted molar refractivity (Wildman–Crippen MR) is 67.9 cm³/mol. The smallest absolute Gasteiger partial charge is 0.0522 e. The number of hydrogen-bond donors (Lipinski definition) is 1.